The monoisotopic (exact) mass is 390 g/mol. The third kappa shape index (κ3) is 3.46. The summed E-state index contributed by atoms with van der Waals surface area (Å²) in [5, 5.41) is 0. The van der Waals surface area contributed by atoms with Crippen LogP contribution >= 0.6 is 0 Å². The Bertz CT molecular complexity index is 912. The highest BCUT2D eigenvalue weighted by atomic mass is 16.5. The molecule has 0 N–H and O–H groups in total. The number of aliphatic imine (C=N–C) groups is 1. The van der Waals surface area contributed by atoms with Crippen molar-refractivity contribution in [2.45, 2.75) is 43.2 Å². The number of ether oxygens (including phenoxy) is 1. The number of rotatable bonds is 5. The van der Waals surface area contributed by atoms with Crippen LogP contribution in [0.5, 0.6) is 0 Å². The Balaban J connectivity index is 1.72. The molecule has 2 aromatic carbocycles. The van der Waals surface area contributed by atoms with Crippen molar-refractivity contribution in [1.82, 2.24) is 4.90 Å². The van der Waals surface area contributed by atoms with E-state index >= 15 is 0 Å². The number of carbonyl (C=O) groups is 2. The predicted molar refractivity (Wildman–Crippen MR) is 112 cm³/mol. The molecule has 0 saturated carbocycles. The number of fused-ring (bicyclic) bond motifs is 1. The fourth-order valence-corrected chi connectivity index (χ4v) is 4.71. The van der Waals surface area contributed by atoms with E-state index in [1.165, 1.54) is 7.11 Å². The van der Waals surface area contributed by atoms with Crippen molar-refractivity contribution in [1.29, 1.82) is 0 Å². The first-order valence-electron chi connectivity index (χ1n) is 10.1. The Morgan fingerprint density at radius 1 is 1.07 bits per heavy atom. The van der Waals surface area contributed by atoms with Gasteiger partial charge in [-0.2, -0.15) is 0 Å². The lowest BCUT2D eigenvalue weighted by molar-refractivity contribution is -0.166. The van der Waals surface area contributed by atoms with Crippen molar-refractivity contribution < 1.29 is 14.3 Å². The number of amides is 1. The second-order valence-corrected chi connectivity index (χ2v) is 7.95. The molecule has 2 aliphatic rings. The van der Waals surface area contributed by atoms with Gasteiger partial charge in [0, 0.05) is 19.2 Å². The number of piperidine rings is 1. The maximum Gasteiger partial charge on any atom is 0.331 e. The largest absolute Gasteiger partial charge is 0.467 e. The average molecular weight is 390 g/mol. The molecule has 1 amide bonds. The molecule has 0 bridgehead atoms. The summed E-state index contributed by atoms with van der Waals surface area (Å²) in [4.78, 5) is 33.0. The highest BCUT2D eigenvalue weighted by molar-refractivity contribution is 5.97. The van der Waals surface area contributed by atoms with Gasteiger partial charge in [0.1, 0.15) is 11.1 Å². The number of hydrogen-bond acceptors (Lipinski definition) is 4. The summed E-state index contributed by atoms with van der Waals surface area (Å²) in [6, 6.07) is 19.8. The molecule has 29 heavy (non-hydrogen) atoms. The molecule has 2 heterocycles. The first-order chi connectivity index (χ1) is 14.1. The minimum atomic E-state index is -0.904. The molecular formula is C24H26N2O3. The van der Waals surface area contributed by atoms with Crippen LogP contribution in [-0.4, -0.2) is 47.7 Å². The van der Waals surface area contributed by atoms with Gasteiger partial charge in [-0.25, -0.2) is 4.79 Å². The predicted octanol–water partition coefficient (Wildman–Crippen LogP) is 3.42. The Morgan fingerprint density at radius 2 is 1.76 bits per heavy atom. The van der Waals surface area contributed by atoms with Crippen LogP contribution in [0.25, 0.3) is 0 Å². The minimum absolute atomic E-state index is 0.0670. The zero-order valence-electron chi connectivity index (χ0n) is 16.7. The van der Waals surface area contributed by atoms with Gasteiger partial charge in [-0.3, -0.25) is 9.79 Å². The van der Waals surface area contributed by atoms with Gasteiger partial charge >= 0.3 is 5.97 Å². The molecular weight excluding hydrogens is 364 g/mol. The van der Waals surface area contributed by atoms with Crippen molar-refractivity contribution in [3.8, 4) is 0 Å². The summed E-state index contributed by atoms with van der Waals surface area (Å²) < 4.78 is 5.09. The van der Waals surface area contributed by atoms with E-state index in [2.05, 4.69) is 0 Å². The summed E-state index contributed by atoms with van der Waals surface area (Å²) in [7, 11) is 1.40. The molecule has 0 unspecified atom stereocenters. The number of nitrogens with zero attached hydrogens (tertiary/aromatic N) is 2. The molecule has 2 fully saturated rings. The Labute approximate surface area is 171 Å². The molecule has 0 aromatic heterocycles. The van der Waals surface area contributed by atoms with E-state index in [1.807, 2.05) is 60.7 Å². The van der Waals surface area contributed by atoms with Gasteiger partial charge in [-0.15, -0.1) is 0 Å². The third-order valence-corrected chi connectivity index (χ3v) is 6.25. The van der Waals surface area contributed by atoms with E-state index in [1.54, 1.807) is 11.1 Å². The first kappa shape index (κ1) is 19.4. The maximum atomic E-state index is 13.8. The zero-order chi connectivity index (χ0) is 20.3. The van der Waals surface area contributed by atoms with E-state index in [-0.39, 0.29) is 11.9 Å². The van der Waals surface area contributed by atoms with Crippen molar-refractivity contribution in [3.05, 3.63) is 71.8 Å². The molecule has 2 aromatic rings. The number of hydrogen-bond donors (Lipinski definition) is 0. The van der Waals surface area contributed by atoms with Gasteiger partial charge in [0.05, 0.1) is 7.11 Å². The quantitative estimate of drug-likeness (QED) is 0.581. The molecule has 0 aliphatic carbocycles. The highest BCUT2D eigenvalue weighted by Gasteiger charge is 2.59. The van der Waals surface area contributed by atoms with Gasteiger partial charge in [0.25, 0.3) is 5.91 Å². The lowest BCUT2D eigenvalue weighted by Crippen LogP contribution is -2.64. The summed E-state index contributed by atoms with van der Waals surface area (Å²) in [6.45, 7) is 0.575. The lowest BCUT2D eigenvalue weighted by Gasteiger charge is -2.46. The normalized spacial score (nSPS) is 26.5. The van der Waals surface area contributed by atoms with E-state index in [0.717, 1.165) is 17.5 Å². The lowest BCUT2D eigenvalue weighted by atomic mass is 9.75. The first-order valence-corrected chi connectivity index (χ1v) is 10.1. The standard InChI is InChI=1S/C24H26N2O3/c1-29-22(28)24-13-8-16-26(24)21(27)23(14-15-24,17-19-9-4-2-5-10-19)25-18-20-11-6-3-7-12-20/h2-7,9-12,18H,8,13-17H2,1H3/t23-,24+/m0/s1. The molecule has 2 aliphatic heterocycles. The van der Waals surface area contributed by atoms with Gasteiger partial charge in [0.2, 0.25) is 0 Å². The van der Waals surface area contributed by atoms with Crippen LogP contribution in [0.1, 0.15) is 36.8 Å². The van der Waals surface area contributed by atoms with Gasteiger partial charge in [0.15, 0.2) is 0 Å². The number of carbonyl (C=O) groups excluding carboxylic acids is 2. The molecule has 4 rings (SSSR count). The topological polar surface area (TPSA) is 59.0 Å². The molecule has 2 saturated heterocycles. The molecule has 150 valence electrons. The zero-order valence-corrected chi connectivity index (χ0v) is 16.7. The SMILES string of the molecule is COC(=O)[C@]12CCCN1C(=O)[C@](Cc1ccccc1)(N=Cc1ccccc1)CC2. The Hall–Kier alpha value is -2.95. The smallest absolute Gasteiger partial charge is 0.331 e. The van der Waals surface area contributed by atoms with Crippen LogP contribution in [0.4, 0.5) is 0 Å². The fourth-order valence-electron chi connectivity index (χ4n) is 4.71. The number of methoxy groups -OCH3 is 1. The van der Waals surface area contributed by atoms with Gasteiger partial charge < -0.3 is 9.64 Å². The van der Waals surface area contributed by atoms with Crippen LogP contribution in [0.15, 0.2) is 65.7 Å². The second-order valence-electron chi connectivity index (χ2n) is 7.95. The van der Waals surface area contributed by atoms with E-state index in [9.17, 15) is 9.59 Å². The van der Waals surface area contributed by atoms with Gasteiger partial charge in [-0.05, 0) is 36.8 Å². The van der Waals surface area contributed by atoms with E-state index < -0.39 is 11.1 Å². The van der Waals surface area contributed by atoms with Crippen LogP contribution in [0.2, 0.25) is 0 Å². The Kier molecular flexibility index (Phi) is 5.22. The Morgan fingerprint density at radius 3 is 2.45 bits per heavy atom. The number of benzene rings is 2. The van der Waals surface area contributed by atoms with Crippen molar-refractivity contribution in [2.75, 3.05) is 13.7 Å². The number of esters is 1. The molecule has 5 heteroatoms. The summed E-state index contributed by atoms with van der Waals surface area (Å²) in [5.74, 6) is -0.369. The van der Waals surface area contributed by atoms with Crippen LogP contribution in [-0.2, 0) is 20.7 Å². The van der Waals surface area contributed by atoms with E-state index in [0.29, 0.717) is 32.2 Å². The highest BCUT2D eigenvalue weighted by Crippen LogP contribution is 2.45. The van der Waals surface area contributed by atoms with Crippen LogP contribution in [0.3, 0.4) is 0 Å². The third-order valence-electron chi connectivity index (χ3n) is 6.25. The molecule has 0 radical (unpaired) electrons. The van der Waals surface area contributed by atoms with Crippen molar-refractivity contribution >= 4 is 18.1 Å². The summed E-state index contributed by atoms with van der Waals surface area (Å²) in [5.41, 5.74) is 0.294. The van der Waals surface area contributed by atoms with Crippen molar-refractivity contribution in [2.24, 2.45) is 4.99 Å². The van der Waals surface area contributed by atoms with Crippen molar-refractivity contribution in [3.63, 3.8) is 0 Å². The molecule has 5 nitrogen and oxygen atoms in total. The summed E-state index contributed by atoms with van der Waals surface area (Å²) >= 11 is 0. The average Bonchev–Trinajstić information content (AvgIpc) is 3.22. The van der Waals surface area contributed by atoms with Crippen LogP contribution < -0.4 is 0 Å². The fraction of sp³-hybridized carbons (Fsp3) is 0.375. The van der Waals surface area contributed by atoms with Crippen LogP contribution in [0, 0.1) is 0 Å². The van der Waals surface area contributed by atoms with E-state index in [4.69, 9.17) is 9.73 Å². The maximum absolute atomic E-state index is 13.8. The summed E-state index contributed by atoms with van der Waals surface area (Å²) in [6.07, 6.45) is 4.88. The van der Waals surface area contributed by atoms with Gasteiger partial charge in [-0.1, -0.05) is 60.7 Å². The molecule has 0 spiro atoms. The minimum Gasteiger partial charge on any atom is -0.467 e. The second kappa shape index (κ2) is 7.82. The molecule has 2 atom stereocenters.